The second-order valence-corrected chi connectivity index (χ2v) is 6.09. The Hall–Kier alpha value is -2.25. The summed E-state index contributed by atoms with van der Waals surface area (Å²) in [6.07, 6.45) is 0.0961. The molecule has 1 aromatic heterocycles. The van der Waals surface area contributed by atoms with E-state index >= 15 is 0 Å². The zero-order valence-corrected chi connectivity index (χ0v) is 12.9. The molecule has 116 valence electrons. The molecular weight excluding hydrogens is 304 g/mol. The van der Waals surface area contributed by atoms with Gasteiger partial charge in [-0.25, -0.2) is 0 Å². The summed E-state index contributed by atoms with van der Waals surface area (Å²) < 4.78 is 0. The van der Waals surface area contributed by atoms with Gasteiger partial charge in [-0.15, -0.1) is 11.3 Å². The molecule has 0 unspecified atom stereocenters. The first-order valence-corrected chi connectivity index (χ1v) is 7.52. The van der Waals surface area contributed by atoms with Gasteiger partial charge >= 0.3 is 5.97 Å². The van der Waals surface area contributed by atoms with Gasteiger partial charge in [0.25, 0.3) is 5.69 Å². The van der Waals surface area contributed by atoms with Crippen molar-refractivity contribution in [3.05, 3.63) is 51.4 Å². The highest BCUT2D eigenvalue weighted by Crippen LogP contribution is 2.34. The predicted octanol–water partition coefficient (Wildman–Crippen LogP) is 3.23. The summed E-state index contributed by atoms with van der Waals surface area (Å²) >= 11 is 1.49. The fourth-order valence-electron chi connectivity index (χ4n) is 2.08. The lowest BCUT2D eigenvalue weighted by molar-refractivity contribution is -0.384. The SMILES string of the molecule is CN(CCC(=O)O)Cc1ccc(-c2ccccc2[N+](=O)[O-])s1. The molecular formula is C15H16N2O4S. The molecule has 0 bridgehead atoms. The second-order valence-electron chi connectivity index (χ2n) is 4.92. The van der Waals surface area contributed by atoms with Gasteiger partial charge in [0.05, 0.1) is 16.9 Å². The third-order valence-electron chi connectivity index (χ3n) is 3.16. The van der Waals surface area contributed by atoms with Gasteiger partial charge in [-0.2, -0.15) is 0 Å². The van der Waals surface area contributed by atoms with E-state index in [9.17, 15) is 14.9 Å². The van der Waals surface area contributed by atoms with Crippen molar-refractivity contribution in [2.75, 3.05) is 13.6 Å². The van der Waals surface area contributed by atoms with Gasteiger partial charge in [-0.3, -0.25) is 14.9 Å². The number of nitro groups is 1. The number of hydrogen-bond donors (Lipinski definition) is 1. The molecule has 0 saturated heterocycles. The van der Waals surface area contributed by atoms with Gasteiger partial charge in [0.15, 0.2) is 0 Å². The Balaban J connectivity index is 2.12. The van der Waals surface area contributed by atoms with E-state index in [1.54, 1.807) is 18.2 Å². The summed E-state index contributed by atoms with van der Waals surface area (Å²) in [5.74, 6) is -0.821. The van der Waals surface area contributed by atoms with Gasteiger partial charge in [-0.1, -0.05) is 12.1 Å². The van der Waals surface area contributed by atoms with E-state index in [1.165, 1.54) is 17.4 Å². The fourth-order valence-corrected chi connectivity index (χ4v) is 3.20. The number of thiophene rings is 1. The van der Waals surface area contributed by atoms with Crippen molar-refractivity contribution >= 4 is 23.0 Å². The molecule has 0 atom stereocenters. The third-order valence-corrected chi connectivity index (χ3v) is 4.26. The van der Waals surface area contributed by atoms with Crippen molar-refractivity contribution in [2.24, 2.45) is 0 Å². The minimum Gasteiger partial charge on any atom is -0.481 e. The van der Waals surface area contributed by atoms with Gasteiger partial charge in [0.2, 0.25) is 0 Å². The van der Waals surface area contributed by atoms with Crippen LogP contribution in [0.1, 0.15) is 11.3 Å². The predicted molar refractivity (Wildman–Crippen MR) is 85.0 cm³/mol. The lowest BCUT2D eigenvalue weighted by Gasteiger charge is -2.13. The van der Waals surface area contributed by atoms with Crippen LogP contribution in [-0.4, -0.2) is 34.5 Å². The first-order chi connectivity index (χ1) is 10.5. The number of nitro benzene ring substituents is 1. The van der Waals surface area contributed by atoms with E-state index in [2.05, 4.69) is 0 Å². The maximum absolute atomic E-state index is 11.1. The van der Waals surface area contributed by atoms with E-state index in [0.29, 0.717) is 18.7 Å². The molecule has 22 heavy (non-hydrogen) atoms. The lowest BCUT2D eigenvalue weighted by Crippen LogP contribution is -2.20. The molecule has 0 spiro atoms. The Labute approximate surface area is 131 Å². The van der Waals surface area contributed by atoms with Crippen LogP contribution in [0.15, 0.2) is 36.4 Å². The molecule has 0 saturated carbocycles. The van der Waals surface area contributed by atoms with Crippen molar-refractivity contribution in [3.63, 3.8) is 0 Å². The molecule has 0 radical (unpaired) electrons. The van der Waals surface area contributed by atoms with Crippen molar-refractivity contribution in [1.29, 1.82) is 0 Å². The van der Waals surface area contributed by atoms with Crippen molar-refractivity contribution in [2.45, 2.75) is 13.0 Å². The van der Waals surface area contributed by atoms with Gasteiger partial charge in [0.1, 0.15) is 0 Å². The van der Waals surface area contributed by atoms with Crippen LogP contribution in [0.2, 0.25) is 0 Å². The Bertz CT molecular complexity index is 684. The summed E-state index contributed by atoms with van der Waals surface area (Å²) in [5, 5.41) is 19.8. The molecule has 0 fully saturated rings. The Kier molecular flexibility index (Phi) is 5.24. The minimum absolute atomic E-state index is 0.0927. The molecule has 0 aliphatic rings. The maximum atomic E-state index is 11.1. The van der Waals surface area contributed by atoms with Crippen LogP contribution in [0.5, 0.6) is 0 Å². The first-order valence-electron chi connectivity index (χ1n) is 6.70. The molecule has 1 heterocycles. The fraction of sp³-hybridized carbons (Fsp3) is 0.267. The third kappa shape index (κ3) is 4.12. The van der Waals surface area contributed by atoms with Crippen LogP contribution in [0.4, 0.5) is 5.69 Å². The van der Waals surface area contributed by atoms with Crippen molar-refractivity contribution in [1.82, 2.24) is 4.90 Å². The van der Waals surface area contributed by atoms with E-state index in [1.807, 2.05) is 24.1 Å². The number of carboxylic acid groups (broad SMARTS) is 1. The molecule has 7 heteroatoms. The Morgan fingerprint density at radius 1 is 1.32 bits per heavy atom. The quantitative estimate of drug-likeness (QED) is 0.625. The summed E-state index contributed by atoms with van der Waals surface area (Å²) in [4.78, 5) is 25.1. The van der Waals surface area contributed by atoms with Crippen LogP contribution >= 0.6 is 11.3 Å². The zero-order chi connectivity index (χ0) is 16.1. The number of para-hydroxylation sites is 1. The number of aliphatic carboxylic acids is 1. The zero-order valence-electron chi connectivity index (χ0n) is 12.1. The molecule has 6 nitrogen and oxygen atoms in total. The van der Waals surface area contributed by atoms with Gasteiger partial charge < -0.3 is 10.0 Å². The normalized spacial score (nSPS) is 10.8. The average molecular weight is 320 g/mol. The first kappa shape index (κ1) is 16.1. The largest absolute Gasteiger partial charge is 0.481 e. The van der Waals surface area contributed by atoms with Crippen LogP contribution in [0, 0.1) is 10.1 Å². The smallest absolute Gasteiger partial charge is 0.304 e. The second kappa shape index (κ2) is 7.15. The molecule has 0 aliphatic heterocycles. The van der Waals surface area contributed by atoms with E-state index in [-0.39, 0.29) is 17.0 Å². The number of carbonyl (C=O) groups is 1. The number of rotatable bonds is 7. The summed E-state index contributed by atoms with van der Waals surface area (Å²) in [6, 6.07) is 10.5. The highest BCUT2D eigenvalue weighted by Gasteiger charge is 2.16. The summed E-state index contributed by atoms with van der Waals surface area (Å²) in [6.45, 7) is 1.09. The molecule has 1 aromatic carbocycles. The van der Waals surface area contributed by atoms with Crippen LogP contribution in [0.3, 0.4) is 0 Å². The van der Waals surface area contributed by atoms with Crippen LogP contribution in [-0.2, 0) is 11.3 Å². The molecule has 1 N–H and O–H groups in total. The van der Waals surface area contributed by atoms with E-state index < -0.39 is 5.97 Å². The lowest BCUT2D eigenvalue weighted by atomic mass is 10.1. The van der Waals surface area contributed by atoms with Crippen LogP contribution in [0.25, 0.3) is 10.4 Å². The number of carboxylic acids is 1. The maximum Gasteiger partial charge on any atom is 0.304 e. The molecule has 2 aromatic rings. The number of benzene rings is 1. The topological polar surface area (TPSA) is 83.7 Å². The molecule has 0 aliphatic carbocycles. The van der Waals surface area contributed by atoms with Crippen molar-refractivity contribution in [3.8, 4) is 10.4 Å². The van der Waals surface area contributed by atoms with Crippen LogP contribution < -0.4 is 0 Å². The standard InChI is InChI=1S/C15H16N2O4S/c1-16(9-8-15(18)19)10-11-6-7-14(22-11)12-4-2-3-5-13(12)17(20)21/h2-7H,8-10H2,1H3,(H,18,19). The highest BCUT2D eigenvalue weighted by molar-refractivity contribution is 7.15. The summed E-state index contributed by atoms with van der Waals surface area (Å²) in [5.41, 5.74) is 0.701. The van der Waals surface area contributed by atoms with E-state index in [4.69, 9.17) is 5.11 Å². The van der Waals surface area contributed by atoms with E-state index in [0.717, 1.165) is 9.75 Å². The Morgan fingerprint density at radius 3 is 2.73 bits per heavy atom. The summed E-state index contributed by atoms with van der Waals surface area (Å²) in [7, 11) is 1.85. The minimum atomic E-state index is -0.821. The Morgan fingerprint density at radius 2 is 2.05 bits per heavy atom. The molecule has 2 rings (SSSR count). The van der Waals surface area contributed by atoms with Crippen molar-refractivity contribution < 1.29 is 14.8 Å². The number of nitrogens with zero attached hydrogens (tertiary/aromatic N) is 2. The number of hydrogen-bond acceptors (Lipinski definition) is 5. The highest BCUT2D eigenvalue weighted by atomic mass is 32.1. The average Bonchev–Trinajstić information content (AvgIpc) is 2.93. The van der Waals surface area contributed by atoms with Gasteiger partial charge in [-0.05, 0) is 25.2 Å². The van der Waals surface area contributed by atoms with Gasteiger partial charge in [0, 0.05) is 28.9 Å². The molecule has 0 amide bonds. The monoisotopic (exact) mass is 320 g/mol.